The zero-order chi connectivity index (χ0) is 16.3. The molecule has 2 rings (SSSR count). The maximum Gasteiger partial charge on any atom is 0.403 e. The van der Waals surface area contributed by atoms with Gasteiger partial charge < -0.3 is 4.90 Å². The van der Waals surface area contributed by atoms with E-state index in [9.17, 15) is 8.42 Å². The Morgan fingerprint density at radius 2 is 1.91 bits per heavy atom. The summed E-state index contributed by atoms with van der Waals surface area (Å²) in [6, 6.07) is 11.3. The highest BCUT2D eigenvalue weighted by Crippen LogP contribution is 2.31. The molecule has 0 spiro atoms. The average molecular weight is 337 g/mol. The van der Waals surface area contributed by atoms with Crippen LogP contribution >= 0.6 is 11.6 Å². The summed E-state index contributed by atoms with van der Waals surface area (Å²) in [5.41, 5.74) is 1.30. The van der Waals surface area contributed by atoms with Crippen molar-refractivity contribution < 1.29 is 8.42 Å². The van der Waals surface area contributed by atoms with Gasteiger partial charge >= 0.3 is 5.69 Å². The highest BCUT2D eigenvalue weighted by molar-refractivity contribution is 7.90. The van der Waals surface area contributed by atoms with Crippen molar-refractivity contribution in [1.29, 1.82) is 5.39 Å². The van der Waals surface area contributed by atoms with Gasteiger partial charge in [-0.15, -0.1) is 0 Å². The van der Waals surface area contributed by atoms with Crippen molar-refractivity contribution in [3.8, 4) is 0 Å². The lowest BCUT2D eigenvalue weighted by atomic mass is 10.2. The van der Waals surface area contributed by atoms with E-state index >= 15 is 0 Å². The molecule has 0 aliphatic rings. The SMILES string of the molecule is CN(C)c1ccc([N+]#N)c(S(=O)(=O)Cc2cccc(Cl)c2)c1. The highest BCUT2D eigenvalue weighted by atomic mass is 35.5. The van der Waals surface area contributed by atoms with Crippen LogP contribution in [0.25, 0.3) is 4.98 Å². The summed E-state index contributed by atoms with van der Waals surface area (Å²) in [4.78, 5) is 4.84. The van der Waals surface area contributed by atoms with Gasteiger partial charge in [-0.1, -0.05) is 23.7 Å². The van der Waals surface area contributed by atoms with E-state index in [1.807, 2.05) is 0 Å². The van der Waals surface area contributed by atoms with E-state index in [0.29, 0.717) is 16.3 Å². The van der Waals surface area contributed by atoms with Crippen LogP contribution < -0.4 is 4.90 Å². The molecule has 0 saturated carbocycles. The maximum absolute atomic E-state index is 12.6. The first kappa shape index (κ1) is 16.3. The molecule has 0 heterocycles. The summed E-state index contributed by atoms with van der Waals surface area (Å²) in [7, 11) is -0.0599. The average Bonchev–Trinajstić information content (AvgIpc) is 2.46. The third-order valence-corrected chi connectivity index (χ3v) is 5.09. The summed E-state index contributed by atoms with van der Waals surface area (Å²) in [5, 5.41) is 9.52. The fourth-order valence-electron chi connectivity index (χ4n) is 2.04. The molecule has 0 bridgehead atoms. The van der Waals surface area contributed by atoms with Gasteiger partial charge in [-0.05, 0) is 29.8 Å². The largest absolute Gasteiger partial charge is 0.403 e. The number of hydrogen-bond donors (Lipinski definition) is 0. The molecule has 0 aromatic heterocycles. The lowest BCUT2D eigenvalue weighted by Crippen LogP contribution is -2.11. The molecule has 0 aliphatic heterocycles. The van der Waals surface area contributed by atoms with E-state index in [4.69, 9.17) is 17.0 Å². The molecular weight excluding hydrogens is 322 g/mol. The predicted octanol–water partition coefficient (Wildman–Crippen LogP) is 3.86. The van der Waals surface area contributed by atoms with Gasteiger partial charge in [0.05, 0.1) is 5.75 Å². The molecule has 0 aliphatic carbocycles. The van der Waals surface area contributed by atoms with Crippen LogP contribution in [0.3, 0.4) is 0 Å². The van der Waals surface area contributed by atoms with E-state index in [2.05, 4.69) is 4.98 Å². The molecule has 5 nitrogen and oxygen atoms in total. The Labute approximate surface area is 134 Å². The summed E-state index contributed by atoms with van der Waals surface area (Å²) >= 11 is 5.89. The normalized spacial score (nSPS) is 11.0. The molecule has 114 valence electrons. The second-order valence-electron chi connectivity index (χ2n) is 5.04. The van der Waals surface area contributed by atoms with Crippen LogP contribution in [0.2, 0.25) is 5.02 Å². The number of sulfone groups is 1. The number of anilines is 1. The lowest BCUT2D eigenvalue weighted by molar-refractivity contribution is 0.595. The van der Waals surface area contributed by atoms with Crippen molar-refractivity contribution in [2.45, 2.75) is 10.6 Å². The predicted molar refractivity (Wildman–Crippen MR) is 87.9 cm³/mol. The minimum atomic E-state index is -3.67. The van der Waals surface area contributed by atoms with Crippen LogP contribution in [0.15, 0.2) is 47.4 Å². The van der Waals surface area contributed by atoms with E-state index in [1.54, 1.807) is 49.3 Å². The van der Waals surface area contributed by atoms with Crippen molar-refractivity contribution in [1.82, 2.24) is 0 Å². The number of benzene rings is 2. The Morgan fingerprint density at radius 1 is 1.18 bits per heavy atom. The Balaban J connectivity index is 2.49. The van der Waals surface area contributed by atoms with Crippen molar-refractivity contribution >= 4 is 32.8 Å². The van der Waals surface area contributed by atoms with Gasteiger partial charge in [0, 0.05) is 30.9 Å². The first-order valence-electron chi connectivity index (χ1n) is 6.47. The van der Waals surface area contributed by atoms with E-state index in [0.717, 1.165) is 0 Å². The molecule has 0 N–H and O–H groups in total. The summed E-state index contributed by atoms with van der Waals surface area (Å²) < 4.78 is 25.3. The number of rotatable bonds is 4. The van der Waals surface area contributed by atoms with Crippen LogP contribution in [0, 0.1) is 5.39 Å². The monoisotopic (exact) mass is 336 g/mol. The summed E-state index contributed by atoms with van der Waals surface area (Å²) in [6.45, 7) is 0. The Hall–Kier alpha value is -2.10. The van der Waals surface area contributed by atoms with Gasteiger partial charge in [0.15, 0.2) is 19.7 Å². The number of nitrogens with zero attached hydrogens (tertiary/aromatic N) is 3. The van der Waals surface area contributed by atoms with Gasteiger partial charge in [-0.25, -0.2) is 8.42 Å². The fourth-order valence-corrected chi connectivity index (χ4v) is 3.75. The minimum absolute atomic E-state index is 0.0128. The molecule has 0 amide bonds. The molecule has 2 aromatic rings. The highest BCUT2D eigenvalue weighted by Gasteiger charge is 2.27. The smallest absolute Gasteiger partial charge is 0.378 e. The second kappa shape index (κ2) is 6.34. The summed E-state index contributed by atoms with van der Waals surface area (Å²) in [6.07, 6.45) is 0. The third kappa shape index (κ3) is 3.56. The van der Waals surface area contributed by atoms with E-state index < -0.39 is 9.84 Å². The molecule has 7 heteroatoms. The molecule has 0 atom stereocenters. The van der Waals surface area contributed by atoms with Gasteiger partial charge in [0.25, 0.3) is 0 Å². The van der Waals surface area contributed by atoms with Crippen LogP contribution in [-0.2, 0) is 15.6 Å². The standard InChI is InChI=1S/C15H15ClN3O2S/c1-19(2)13-6-7-14(18-17)15(9-13)22(20,21)10-11-4-3-5-12(16)8-11/h3-9H,10H2,1-2H3/q+1. The topological polar surface area (TPSA) is 65.5 Å². The molecule has 22 heavy (non-hydrogen) atoms. The Kier molecular flexibility index (Phi) is 4.69. The molecule has 0 fully saturated rings. The number of hydrogen-bond acceptors (Lipinski definition) is 4. The lowest BCUT2D eigenvalue weighted by Gasteiger charge is -2.12. The minimum Gasteiger partial charge on any atom is -0.378 e. The van der Waals surface area contributed by atoms with E-state index in [1.165, 1.54) is 12.1 Å². The number of diazo groups is 1. The molecule has 0 radical (unpaired) electrons. The van der Waals surface area contributed by atoms with Crippen molar-refractivity contribution in [3.63, 3.8) is 0 Å². The summed E-state index contributed by atoms with van der Waals surface area (Å²) in [5.74, 6) is -0.215. The van der Waals surface area contributed by atoms with Gasteiger partial charge in [-0.3, -0.25) is 0 Å². The first-order valence-corrected chi connectivity index (χ1v) is 8.50. The Bertz CT molecular complexity index is 842. The molecule has 2 aromatic carbocycles. The van der Waals surface area contributed by atoms with E-state index in [-0.39, 0.29) is 16.3 Å². The van der Waals surface area contributed by atoms with Gasteiger partial charge in [-0.2, -0.15) is 0 Å². The van der Waals surface area contributed by atoms with Crippen molar-refractivity contribution in [2.24, 2.45) is 0 Å². The fraction of sp³-hybridized carbons (Fsp3) is 0.200. The van der Waals surface area contributed by atoms with Gasteiger partial charge in [0.2, 0.25) is 5.39 Å². The van der Waals surface area contributed by atoms with Crippen LogP contribution in [-0.4, -0.2) is 22.5 Å². The molecule has 0 unspecified atom stereocenters. The Morgan fingerprint density at radius 3 is 2.50 bits per heavy atom. The third-order valence-electron chi connectivity index (χ3n) is 3.15. The van der Waals surface area contributed by atoms with Crippen LogP contribution in [0.5, 0.6) is 0 Å². The zero-order valence-electron chi connectivity index (χ0n) is 12.2. The van der Waals surface area contributed by atoms with Crippen molar-refractivity contribution in [3.05, 3.63) is 58.0 Å². The van der Waals surface area contributed by atoms with Gasteiger partial charge in [0.1, 0.15) is 0 Å². The quantitative estimate of drug-likeness (QED) is 0.795. The second-order valence-corrected chi connectivity index (χ2v) is 7.43. The molecular formula is C15H15ClN3O2S+. The first-order chi connectivity index (χ1) is 10.3. The zero-order valence-corrected chi connectivity index (χ0v) is 13.8. The van der Waals surface area contributed by atoms with Crippen LogP contribution in [0.1, 0.15) is 5.56 Å². The maximum atomic E-state index is 12.6. The van der Waals surface area contributed by atoms with Crippen LogP contribution in [0.4, 0.5) is 11.4 Å². The molecule has 0 saturated heterocycles. The van der Waals surface area contributed by atoms with Crippen molar-refractivity contribution in [2.75, 3.05) is 19.0 Å². The number of halogens is 1.